The van der Waals surface area contributed by atoms with Crippen LogP contribution < -0.4 is 5.73 Å². The van der Waals surface area contributed by atoms with E-state index in [0.29, 0.717) is 5.92 Å². The van der Waals surface area contributed by atoms with Gasteiger partial charge in [-0.25, -0.2) is 0 Å². The zero-order valence-electron chi connectivity index (χ0n) is 12.8. The Morgan fingerprint density at radius 3 is 2.40 bits per heavy atom. The van der Waals surface area contributed by atoms with Crippen molar-refractivity contribution in [3.8, 4) is 0 Å². The first-order chi connectivity index (χ1) is 9.50. The van der Waals surface area contributed by atoms with Gasteiger partial charge < -0.3 is 10.6 Å². The van der Waals surface area contributed by atoms with E-state index in [9.17, 15) is 4.79 Å². The third-order valence-corrected chi connectivity index (χ3v) is 4.36. The Morgan fingerprint density at radius 1 is 1.25 bits per heavy atom. The monoisotopic (exact) mass is 274 g/mol. The highest BCUT2D eigenvalue weighted by atomic mass is 16.2. The Kier molecular flexibility index (Phi) is 4.81. The average Bonchev–Trinajstić information content (AvgIpc) is 2.85. The minimum atomic E-state index is 0.111. The van der Waals surface area contributed by atoms with Crippen LogP contribution in [0.5, 0.6) is 0 Å². The highest BCUT2D eigenvalue weighted by Gasteiger charge is 2.33. The summed E-state index contributed by atoms with van der Waals surface area (Å²) in [5.74, 6) is 0.752. The first-order valence-electron chi connectivity index (χ1n) is 7.58. The van der Waals surface area contributed by atoms with E-state index in [-0.39, 0.29) is 23.9 Å². The SMILES string of the molecule is CC(C)C(c1ccccc1)N(C)C(=O)C1CCC(N)C1. The van der Waals surface area contributed by atoms with E-state index in [1.54, 1.807) is 0 Å². The molecule has 0 bridgehead atoms. The Morgan fingerprint density at radius 2 is 1.90 bits per heavy atom. The summed E-state index contributed by atoms with van der Waals surface area (Å²) in [6, 6.07) is 10.6. The van der Waals surface area contributed by atoms with E-state index < -0.39 is 0 Å². The topological polar surface area (TPSA) is 46.3 Å². The molecule has 1 amide bonds. The molecule has 2 N–H and O–H groups in total. The van der Waals surface area contributed by atoms with Gasteiger partial charge in [0, 0.05) is 19.0 Å². The van der Waals surface area contributed by atoms with Crippen LogP contribution in [0.2, 0.25) is 0 Å². The molecule has 0 aromatic heterocycles. The largest absolute Gasteiger partial charge is 0.338 e. The molecule has 1 fully saturated rings. The second-order valence-electron chi connectivity index (χ2n) is 6.32. The number of rotatable bonds is 4. The molecule has 0 aliphatic heterocycles. The third-order valence-electron chi connectivity index (χ3n) is 4.36. The Bertz CT molecular complexity index is 444. The summed E-state index contributed by atoms with van der Waals surface area (Å²) in [6.45, 7) is 4.34. The maximum Gasteiger partial charge on any atom is 0.226 e. The Balaban J connectivity index is 2.15. The van der Waals surface area contributed by atoms with Crippen LogP contribution in [0.3, 0.4) is 0 Å². The van der Waals surface area contributed by atoms with Crippen molar-refractivity contribution in [2.75, 3.05) is 7.05 Å². The number of nitrogens with zero attached hydrogens (tertiary/aromatic N) is 1. The van der Waals surface area contributed by atoms with Gasteiger partial charge in [-0.05, 0) is 30.7 Å². The van der Waals surface area contributed by atoms with Crippen LogP contribution in [-0.4, -0.2) is 23.9 Å². The number of amides is 1. The number of hydrogen-bond acceptors (Lipinski definition) is 2. The molecule has 20 heavy (non-hydrogen) atoms. The number of carbonyl (C=O) groups is 1. The van der Waals surface area contributed by atoms with Gasteiger partial charge in [0.2, 0.25) is 5.91 Å². The molecule has 1 aromatic rings. The van der Waals surface area contributed by atoms with E-state index in [4.69, 9.17) is 5.73 Å². The zero-order valence-corrected chi connectivity index (χ0v) is 12.8. The molecule has 0 heterocycles. The van der Waals surface area contributed by atoms with Gasteiger partial charge in [0.05, 0.1) is 6.04 Å². The van der Waals surface area contributed by atoms with Crippen LogP contribution in [0, 0.1) is 11.8 Å². The maximum atomic E-state index is 12.7. The lowest BCUT2D eigenvalue weighted by molar-refractivity contribution is -0.137. The van der Waals surface area contributed by atoms with Gasteiger partial charge in [-0.15, -0.1) is 0 Å². The summed E-state index contributed by atoms with van der Waals surface area (Å²) in [6.07, 6.45) is 2.74. The summed E-state index contributed by atoms with van der Waals surface area (Å²) in [7, 11) is 1.93. The Hall–Kier alpha value is -1.35. The van der Waals surface area contributed by atoms with Crippen molar-refractivity contribution in [1.82, 2.24) is 4.90 Å². The minimum absolute atomic E-state index is 0.111. The summed E-state index contributed by atoms with van der Waals surface area (Å²) >= 11 is 0. The molecule has 1 aliphatic carbocycles. The first-order valence-corrected chi connectivity index (χ1v) is 7.58. The van der Waals surface area contributed by atoms with Gasteiger partial charge >= 0.3 is 0 Å². The number of benzene rings is 1. The summed E-state index contributed by atoms with van der Waals surface area (Å²) in [5, 5.41) is 0. The summed E-state index contributed by atoms with van der Waals surface area (Å²) in [4.78, 5) is 14.6. The van der Waals surface area contributed by atoms with E-state index in [2.05, 4.69) is 26.0 Å². The van der Waals surface area contributed by atoms with E-state index >= 15 is 0 Å². The zero-order chi connectivity index (χ0) is 14.7. The van der Waals surface area contributed by atoms with Crippen molar-refractivity contribution in [1.29, 1.82) is 0 Å². The van der Waals surface area contributed by atoms with Gasteiger partial charge in [0.1, 0.15) is 0 Å². The molecule has 1 saturated carbocycles. The quantitative estimate of drug-likeness (QED) is 0.917. The van der Waals surface area contributed by atoms with Crippen LogP contribution in [0.25, 0.3) is 0 Å². The molecule has 0 saturated heterocycles. The summed E-state index contributed by atoms with van der Waals surface area (Å²) in [5.41, 5.74) is 7.15. The third kappa shape index (κ3) is 3.21. The molecule has 1 aromatic carbocycles. The van der Waals surface area contributed by atoms with Crippen LogP contribution in [0.4, 0.5) is 0 Å². The van der Waals surface area contributed by atoms with Crippen molar-refractivity contribution in [2.45, 2.75) is 45.2 Å². The normalized spacial score (nSPS) is 23.9. The number of nitrogens with two attached hydrogens (primary N) is 1. The fourth-order valence-corrected chi connectivity index (χ4v) is 3.37. The standard InChI is InChI=1S/C17H26N2O/c1-12(2)16(13-7-5-4-6-8-13)19(3)17(20)14-9-10-15(18)11-14/h4-8,12,14-16H,9-11,18H2,1-3H3. The number of hydrogen-bond donors (Lipinski definition) is 1. The Labute approximate surface area is 122 Å². The van der Waals surface area contributed by atoms with Crippen LogP contribution in [0.15, 0.2) is 30.3 Å². The smallest absolute Gasteiger partial charge is 0.226 e. The molecule has 3 atom stereocenters. The molecule has 3 nitrogen and oxygen atoms in total. The minimum Gasteiger partial charge on any atom is -0.338 e. The molecule has 1 aliphatic rings. The van der Waals surface area contributed by atoms with Crippen LogP contribution in [0.1, 0.15) is 44.7 Å². The fraction of sp³-hybridized carbons (Fsp3) is 0.588. The van der Waals surface area contributed by atoms with Gasteiger partial charge in [0.15, 0.2) is 0 Å². The maximum absolute atomic E-state index is 12.7. The number of carbonyl (C=O) groups excluding carboxylic acids is 1. The predicted octanol–water partition coefficient (Wildman–Crippen LogP) is 2.97. The predicted molar refractivity (Wildman–Crippen MR) is 82.1 cm³/mol. The van der Waals surface area contributed by atoms with Crippen molar-refractivity contribution in [3.63, 3.8) is 0 Å². The van der Waals surface area contributed by atoms with Gasteiger partial charge in [-0.2, -0.15) is 0 Å². The lowest BCUT2D eigenvalue weighted by Gasteiger charge is -2.33. The molecule has 3 unspecified atom stereocenters. The molecule has 110 valence electrons. The molecule has 3 heteroatoms. The van der Waals surface area contributed by atoms with E-state index in [1.165, 1.54) is 5.56 Å². The lowest BCUT2D eigenvalue weighted by atomic mass is 9.93. The fourth-order valence-electron chi connectivity index (χ4n) is 3.37. The van der Waals surface area contributed by atoms with Crippen molar-refractivity contribution in [3.05, 3.63) is 35.9 Å². The van der Waals surface area contributed by atoms with Crippen molar-refractivity contribution < 1.29 is 4.79 Å². The second kappa shape index (κ2) is 6.40. The van der Waals surface area contributed by atoms with Gasteiger partial charge in [0.25, 0.3) is 0 Å². The van der Waals surface area contributed by atoms with Crippen molar-refractivity contribution in [2.24, 2.45) is 17.6 Å². The first kappa shape index (κ1) is 15.0. The lowest BCUT2D eigenvalue weighted by Crippen LogP contribution is -2.38. The van der Waals surface area contributed by atoms with Gasteiger partial charge in [-0.3, -0.25) is 4.79 Å². The van der Waals surface area contributed by atoms with Crippen LogP contribution in [-0.2, 0) is 4.79 Å². The molecule has 0 spiro atoms. The molecule has 0 radical (unpaired) electrons. The van der Waals surface area contributed by atoms with Gasteiger partial charge in [-0.1, -0.05) is 44.2 Å². The average molecular weight is 274 g/mol. The highest BCUT2D eigenvalue weighted by Crippen LogP contribution is 2.32. The molecular weight excluding hydrogens is 248 g/mol. The van der Waals surface area contributed by atoms with Crippen molar-refractivity contribution >= 4 is 5.91 Å². The summed E-state index contributed by atoms with van der Waals surface area (Å²) < 4.78 is 0. The molecular formula is C17H26N2O. The van der Waals surface area contributed by atoms with E-state index in [0.717, 1.165) is 19.3 Å². The highest BCUT2D eigenvalue weighted by molar-refractivity contribution is 5.79. The second-order valence-corrected chi connectivity index (χ2v) is 6.32. The van der Waals surface area contributed by atoms with E-state index in [1.807, 2.05) is 30.1 Å². The van der Waals surface area contributed by atoms with Crippen LogP contribution >= 0.6 is 0 Å². The molecule has 2 rings (SSSR count).